The van der Waals surface area contributed by atoms with E-state index in [0.29, 0.717) is 10.8 Å². The van der Waals surface area contributed by atoms with Gasteiger partial charge in [0.05, 0.1) is 59.4 Å². The van der Waals surface area contributed by atoms with Gasteiger partial charge in [0.1, 0.15) is 5.75 Å². The SMILES string of the molecule is CC(C)n1c(=S)[nH]c2ccccc21.COOSc1ccc2c(c1)[nH]c(=S)n2-c1ccccc1.COc1ccc2c(c1)[nH]c(=S)n2C. The smallest absolute Gasteiger partial charge is 0.182 e. The van der Waals surface area contributed by atoms with Gasteiger partial charge in [0.15, 0.2) is 14.3 Å². The number of aromatic amines is 3. The van der Waals surface area contributed by atoms with E-state index >= 15 is 0 Å². The maximum absolute atomic E-state index is 5.41. The number of benzene rings is 4. The Balaban J connectivity index is 0.000000141. The Morgan fingerprint density at radius 1 is 0.674 bits per heavy atom. The summed E-state index contributed by atoms with van der Waals surface area (Å²) in [4.78, 5) is 15.0. The van der Waals surface area contributed by atoms with Gasteiger partial charge in [-0.3, -0.25) is 4.57 Å². The maximum Gasteiger partial charge on any atom is 0.182 e. The van der Waals surface area contributed by atoms with E-state index in [1.54, 1.807) is 7.11 Å². The molecule has 4 aromatic carbocycles. The van der Waals surface area contributed by atoms with Gasteiger partial charge in [-0.2, -0.15) is 4.33 Å². The molecule has 0 saturated heterocycles. The van der Waals surface area contributed by atoms with Crippen LogP contribution in [0.15, 0.2) is 95.9 Å². The fourth-order valence-corrected chi connectivity index (χ4v) is 6.36. The number of H-pyrrole nitrogens is 3. The number of rotatable bonds is 6. The van der Waals surface area contributed by atoms with Crippen LogP contribution in [0.5, 0.6) is 5.75 Å². The zero-order valence-corrected chi connectivity index (χ0v) is 29.2. The molecule has 3 N–H and O–H groups in total. The highest BCUT2D eigenvalue weighted by Gasteiger charge is 2.08. The molecule has 238 valence electrons. The Bertz CT molecular complexity index is 2260. The van der Waals surface area contributed by atoms with Gasteiger partial charge < -0.3 is 28.8 Å². The van der Waals surface area contributed by atoms with Crippen LogP contribution in [-0.4, -0.2) is 42.9 Å². The molecule has 9 nitrogen and oxygen atoms in total. The third-order valence-electron chi connectivity index (χ3n) is 7.12. The van der Waals surface area contributed by atoms with E-state index < -0.39 is 0 Å². The number of methoxy groups -OCH3 is 1. The predicted molar refractivity (Wildman–Crippen MR) is 195 cm³/mol. The van der Waals surface area contributed by atoms with Crippen molar-refractivity contribution in [2.24, 2.45) is 7.05 Å². The van der Waals surface area contributed by atoms with E-state index in [9.17, 15) is 0 Å². The number of fused-ring (bicyclic) bond motifs is 3. The van der Waals surface area contributed by atoms with Crippen molar-refractivity contribution in [1.82, 2.24) is 28.7 Å². The molecule has 0 unspecified atom stereocenters. The Morgan fingerprint density at radius 2 is 1.33 bits per heavy atom. The molecule has 0 radical (unpaired) electrons. The van der Waals surface area contributed by atoms with E-state index in [-0.39, 0.29) is 0 Å². The van der Waals surface area contributed by atoms with Crippen molar-refractivity contribution in [1.29, 1.82) is 0 Å². The van der Waals surface area contributed by atoms with Gasteiger partial charge in [0, 0.05) is 29.7 Å². The first-order valence-corrected chi connectivity index (χ1v) is 16.3. The molecule has 0 aliphatic heterocycles. The lowest BCUT2D eigenvalue weighted by Crippen LogP contribution is -1.99. The summed E-state index contributed by atoms with van der Waals surface area (Å²) < 4.78 is 18.2. The molecule has 0 atom stereocenters. The second-order valence-electron chi connectivity index (χ2n) is 10.4. The van der Waals surface area contributed by atoms with E-state index in [1.165, 1.54) is 12.6 Å². The van der Waals surface area contributed by atoms with Gasteiger partial charge in [-0.15, -0.1) is 0 Å². The molecule has 7 aromatic rings. The normalized spacial score (nSPS) is 11.0. The average Bonchev–Trinajstić information content (AvgIpc) is 3.68. The number of hydrogen-bond acceptors (Lipinski definition) is 7. The molecule has 0 aliphatic carbocycles. The zero-order valence-electron chi connectivity index (χ0n) is 25.9. The highest BCUT2D eigenvalue weighted by atomic mass is 32.2. The Morgan fingerprint density at radius 3 is 2.04 bits per heavy atom. The second-order valence-corrected chi connectivity index (χ2v) is 12.3. The van der Waals surface area contributed by atoms with Crippen LogP contribution in [0.4, 0.5) is 0 Å². The van der Waals surface area contributed by atoms with Crippen LogP contribution in [0.25, 0.3) is 38.8 Å². The van der Waals surface area contributed by atoms with Gasteiger partial charge >= 0.3 is 0 Å². The van der Waals surface area contributed by atoms with Crippen molar-refractivity contribution in [2.75, 3.05) is 14.2 Å². The number of aromatic nitrogens is 6. The molecule has 0 bridgehead atoms. The molecule has 0 amide bonds. The van der Waals surface area contributed by atoms with Crippen LogP contribution < -0.4 is 4.74 Å². The third kappa shape index (κ3) is 7.35. The number of imidazole rings is 3. The summed E-state index contributed by atoms with van der Waals surface area (Å²) >= 11 is 16.9. The molecule has 13 heteroatoms. The third-order valence-corrected chi connectivity index (χ3v) is 8.73. The van der Waals surface area contributed by atoms with Crippen LogP contribution in [0.3, 0.4) is 0 Å². The summed E-state index contributed by atoms with van der Waals surface area (Å²) in [6.07, 6.45) is 0. The summed E-state index contributed by atoms with van der Waals surface area (Å²) in [6, 6.07) is 30.4. The minimum atomic E-state index is 0.406. The summed E-state index contributed by atoms with van der Waals surface area (Å²) in [5.41, 5.74) is 7.42. The monoisotopic (exact) mass is 690 g/mol. The first-order chi connectivity index (χ1) is 22.2. The summed E-state index contributed by atoms with van der Waals surface area (Å²) in [5.74, 6) is 0.837. The molecule has 0 spiro atoms. The molecule has 46 heavy (non-hydrogen) atoms. The standard InChI is InChI=1S/C14H12N2O2S2.C10H12N2S.C9H10N2OS/c1-17-18-20-11-7-8-13-12(9-11)15-14(19)16(13)10-5-3-2-4-6-10;1-7(2)12-9-6-4-3-5-8(9)11-10(12)13;1-11-8-4-3-6(12-2)5-7(8)10-9(11)13/h2-9H,1H3,(H,15,19);3-7H,1-2H3,(H,11,13);3-5H,1-2H3,(H,10,13). The second kappa shape index (κ2) is 15.1. The first kappa shape index (κ1) is 33.4. The summed E-state index contributed by atoms with van der Waals surface area (Å²) in [6.45, 7) is 4.27. The average molecular weight is 691 g/mol. The molecule has 0 fully saturated rings. The Labute approximate surface area is 285 Å². The van der Waals surface area contributed by atoms with Crippen LogP contribution in [0.2, 0.25) is 0 Å². The minimum Gasteiger partial charge on any atom is -0.497 e. The molecule has 3 heterocycles. The van der Waals surface area contributed by atoms with Crippen LogP contribution in [0, 0.1) is 14.3 Å². The van der Waals surface area contributed by atoms with Gasteiger partial charge in [-0.05, 0) is 105 Å². The van der Waals surface area contributed by atoms with Gasteiger partial charge in [0.2, 0.25) is 0 Å². The van der Waals surface area contributed by atoms with E-state index in [2.05, 4.69) is 44.3 Å². The molecular weight excluding hydrogens is 657 g/mol. The number of para-hydroxylation sites is 3. The van der Waals surface area contributed by atoms with E-state index in [1.807, 2.05) is 101 Å². The highest BCUT2D eigenvalue weighted by Crippen LogP contribution is 2.26. The molecule has 0 aliphatic rings. The number of ether oxygens (including phenoxy) is 1. The van der Waals surface area contributed by atoms with Gasteiger partial charge in [0.25, 0.3) is 0 Å². The van der Waals surface area contributed by atoms with Crippen molar-refractivity contribution in [2.45, 2.75) is 24.8 Å². The topological polar surface area (TPSA) is 89.8 Å². The highest BCUT2D eigenvalue weighted by molar-refractivity contribution is 7.94. The first-order valence-electron chi connectivity index (χ1n) is 14.3. The van der Waals surface area contributed by atoms with Crippen molar-refractivity contribution in [3.63, 3.8) is 0 Å². The number of aryl methyl sites for hydroxylation is 1. The fraction of sp³-hybridized carbons (Fsp3) is 0.182. The predicted octanol–water partition coefficient (Wildman–Crippen LogP) is 9.80. The molecule has 7 rings (SSSR count). The van der Waals surface area contributed by atoms with Crippen molar-refractivity contribution in [3.8, 4) is 11.4 Å². The van der Waals surface area contributed by atoms with E-state index in [0.717, 1.165) is 65.5 Å². The fourth-order valence-electron chi connectivity index (χ4n) is 4.98. The summed E-state index contributed by atoms with van der Waals surface area (Å²) in [5, 5.41) is 0. The lowest BCUT2D eigenvalue weighted by atomic mass is 10.3. The summed E-state index contributed by atoms with van der Waals surface area (Å²) in [7, 11) is 5.07. The maximum atomic E-state index is 5.41. The zero-order chi connectivity index (χ0) is 32.8. The van der Waals surface area contributed by atoms with Crippen molar-refractivity contribution >= 4 is 81.8 Å². The van der Waals surface area contributed by atoms with Crippen molar-refractivity contribution < 1.29 is 14.0 Å². The molecule has 0 saturated carbocycles. The Hall–Kier alpha value is -3.98. The molecule has 3 aromatic heterocycles. The lowest BCUT2D eigenvalue weighted by molar-refractivity contribution is -0.160. The van der Waals surface area contributed by atoms with Crippen LogP contribution >= 0.6 is 48.7 Å². The Kier molecular flexibility index (Phi) is 10.9. The van der Waals surface area contributed by atoms with Crippen LogP contribution in [-0.2, 0) is 16.3 Å². The van der Waals surface area contributed by atoms with Crippen LogP contribution in [0.1, 0.15) is 19.9 Å². The van der Waals surface area contributed by atoms with E-state index in [4.69, 9.17) is 45.7 Å². The van der Waals surface area contributed by atoms with Crippen molar-refractivity contribution in [3.05, 3.63) is 105 Å². The minimum absolute atomic E-state index is 0.406. The molecular formula is C33H34N6O3S4. The number of nitrogens with one attached hydrogen (secondary N) is 3. The number of hydrogen-bond donors (Lipinski definition) is 3. The quantitative estimate of drug-likeness (QED) is 0.0693. The van der Waals surface area contributed by atoms with Gasteiger partial charge in [-0.1, -0.05) is 30.3 Å². The largest absolute Gasteiger partial charge is 0.497 e. The van der Waals surface area contributed by atoms with Gasteiger partial charge in [-0.25, -0.2) is 4.89 Å². The lowest BCUT2D eigenvalue weighted by Gasteiger charge is -2.07. The number of nitrogens with zero attached hydrogens (tertiary/aromatic N) is 3.